The van der Waals surface area contributed by atoms with Crippen molar-refractivity contribution >= 4 is 10.0 Å². The summed E-state index contributed by atoms with van der Waals surface area (Å²) in [7, 11) is -3.42. The second-order valence-corrected chi connectivity index (χ2v) is 7.53. The molecule has 1 heterocycles. The van der Waals surface area contributed by atoms with Crippen molar-refractivity contribution in [3.05, 3.63) is 29.8 Å². The molecule has 0 aromatic heterocycles. The molecule has 1 aromatic rings. The molecule has 0 radical (unpaired) electrons. The van der Waals surface area contributed by atoms with Crippen LogP contribution in [-0.4, -0.2) is 37.5 Å². The molecule has 1 aromatic carbocycles. The molecular weight excluding hydrogens is 286 g/mol. The molecule has 2 unspecified atom stereocenters. The van der Waals surface area contributed by atoms with Crippen molar-refractivity contribution in [2.45, 2.75) is 25.2 Å². The molecule has 0 amide bonds. The highest BCUT2D eigenvalue weighted by atomic mass is 32.2. The van der Waals surface area contributed by atoms with Crippen molar-refractivity contribution in [1.82, 2.24) is 4.31 Å². The Labute approximate surface area is 126 Å². The average Bonchev–Trinajstić information content (AvgIpc) is 2.48. The quantitative estimate of drug-likeness (QED) is 0.846. The summed E-state index contributed by atoms with van der Waals surface area (Å²) < 4.78 is 26.8. The zero-order valence-electron chi connectivity index (χ0n) is 12.4. The third-order valence-electron chi connectivity index (χ3n) is 4.10. The van der Waals surface area contributed by atoms with E-state index in [2.05, 4.69) is 25.7 Å². The molecule has 1 N–H and O–H groups in total. The number of rotatable bonds is 2. The van der Waals surface area contributed by atoms with Crippen molar-refractivity contribution < 1.29 is 13.5 Å². The first-order valence-corrected chi connectivity index (χ1v) is 8.59. The van der Waals surface area contributed by atoms with Crippen LogP contribution < -0.4 is 0 Å². The van der Waals surface area contributed by atoms with Crippen LogP contribution in [0, 0.1) is 23.7 Å². The Kier molecular flexibility index (Phi) is 5.04. The number of hydrogen-bond acceptors (Lipinski definition) is 3. The minimum Gasteiger partial charge on any atom is -0.384 e. The van der Waals surface area contributed by atoms with Gasteiger partial charge in [0, 0.05) is 18.7 Å². The van der Waals surface area contributed by atoms with E-state index in [9.17, 15) is 8.42 Å². The molecule has 114 valence electrons. The molecule has 0 saturated carbocycles. The van der Waals surface area contributed by atoms with Gasteiger partial charge in [-0.1, -0.05) is 25.7 Å². The van der Waals surface area contributed by atoms with E-state index in [1.807, 2.05) is 0 Å². The van der Waals surface area contributed by atoms with Crippen molar-refractivity contribution in [2.24, 2.45) is 11.8 Å². The van der Waals surface area contributed by atoms with Gasteiger partial charge in [0.2, 0.25) is 10.0 Å². The fourth-order valence-electron chi connectivity index (χ4n) is 2.44. The lowest BCUT2D eigenvalue weighted by molar-refractivity contribution is 0.212. The van der Waals surface area contributed by atoms with Crippen LogP contribution in [0.3, 0.4) is 0 Å². The molecule has 2 atom stereocenters. The van der Waals surface area contributed by atoms with Crippen molar-refractivity contribution in [1.29, 1.82) is 0 Å². The second kappa shape index (κ2) is 6.61. The SMILES string of the molecule is CC1CCN(S(=O)(=O)c2ccc(C#CCO)cc2)CC1C. The first-order valence-electron chi connectivity index (χ1n) is 7.15. The smallest absolute Gasteiger partial charge is 0.243 e. The van der Waals surface area contributed by atoms with Crippen LogP contribution >= 0.6 is 0 Å². The normalized spacial score (nSPS) is 23.4. The Morgan fingerprint density at radius 2 is 1.90 bits per heavy atom. The molecule has 1 saturated heterocycles. The summed E-state index contributed by atoms with van der Waals surface area (Å²) in [6.45, 7) is 5.22. The molecular formula is C16H21NO3S. The maximum atomic E-state index is 12.6. The number of aliphatic hydroxyl groups is 1. The van der Waals surface area contributed by atoms with Crippen LogP contribution in [0.5, 0.6) is 0 Å². The monoisotopic (exact) mass is 307 g/mol. The molecule has 0 aliphatic carbocycles. The average molecular weight is 307 g/mol. The maximum absolute atomic E-state index is 12.6. The number of benzene rings is 1. The standard InChI is InChI=1S/C16H21NO3S/c1-13-9-10-17(12-14(13)2)21(19,20)16-7-5-15(6-8-16)4-3-11-18/h5-8,13-14,18H,9-12H2,1-2H3. The van der Waals surface area contributed by atoms with E-state index in [4.69, 9.17) is 5.11 Å². The molecule has 1 fully saturated rings. The van der Waals surface area contributed by atoms with Gasteiger partial charge in [0.15, 0.2) is 0 Å². The van der Waals surface area contributed by atoms with E-state index in [1.165, 1.54) is 0 Å². The van der Waals surface area contributed by atoms with Crippen LogP contribution in [0.25, 0.3) is 0 Å². The van der Waals surface area contributed by atoms with Gasteiger partial charge in [-0.3, -0.25) is 0 Å². The molecule has 2 rings (SSSR count). The lowest BCUT2D eigenvalue weighted by Gasteiger charge is -2.34. The van der Waals surface area contributed by atoms with Crippen LogP contribution in [0.1, 0.15) is 25.8 Å². The van der Waals surface area contributed by atoms with Gasteiger partial charge < -0.3 is 5.11 Å². The van der Waals surface area contributed by atoms with Crippen molar-refractivity contribution in [3.63, 3.8) is 0 Å². The minimum atomic E-state index is -3.42. The number of piperidine rings is 1. The fraction of sp³-hybridized carbons (Fsp3) is 0.500. The number of sulfonamides is 1. The van der Waals surface area contributed by atoms with Crippen LogP contribution in [0.15, 0.2) is 29.2 Å². The first-order chi connectivity index (χ1) is 9.95. The predicted octanol–water partition coefficient (Wildman–Crippen LogP) is 1.70. The zero-order valence-corrected chi connectivity index (χ0v) is 13.2. The summed E-state index contributed by atoms with van der Waals surface area (Å²) in [5.41, 5.74) is 0.698. The van der Waals surface area contributed by atoms with Gasteiger partial charge in [0.1, 0.15) is 6.61 Å². The molecule has 5 heteroatoms. The predicted molar refractivity (Wildman–Crippen MR) is 82.1 cm³/mol. The summed E-state index contributed by atoms with van der Waals surface area (Å²) in [6, 6.07) is 6.51. The maximum Gasteiger partial charge on any atom is 0.243 e. The van der Waals surface area contributed by atoms with E-state index in [0.717, 1.165) is 6.42 Å². The summed E-state index contributed by atoms with van der Waals surface area (Å²) in [5, 5.41) is 8.65. The summed E-state index contributed by atoms with van der Waals surface area (Å²) >= 11 is 0. The summed E-state index contributed by atoms with van der Waals surface area (Å²) in [6.07, 6.45) is 0.903. The lowest BCUT2D eigenvalue weighted by Crippen LogP contribution is -2.42. The van der Waals surface area contributed by atoms with E-state index in [1.54, 1.807) is 28.6 Å². The zero-order chi connectivity index (χ0) is 15.5. The molecule has 1 aliphatic heterocycles. The molecule has 0 bridgehead atoms. The van der Waals surface area contributed by atoms with Gasteiger partial charge in [-0.2, -0.15) is 4.31 Å². The largest absolute Gasteiger partial charge is 0.384 e. The van der Waals surface area contributed by atoms with Crippen LogP contribution in [0.4, 0.5) is 0 Å². The third-order valence-corrected chi connectivity index (χ3v) is 5.98. The molecule has 0 spiro atoms. The first kappa shape index (κ1) is 16.0. The van der Waals surface area contributed by atoms with Crippen LogP contribution in [-0.2, 0) is 10.0 Å². The Bertz CT molecular complexity index is 640. The van der Waals surface area contributed by atoms with E-state index < -0.39 is 10.0 Å². The van der Waals surface area contributed by atoms with Crippen LogP contribution in [0.2, 0.25) is 0 Å². The Balaban J connectivity index is 2.20. The molecule has 4 nitrogen and oxygen atoms in total. The Hall–Kier alpha value is -1.35. The van der Waals surface area contributed by atoms with E-state index >= 15 is 0 Å². The van der Waals surface area contributed by atoms with E-state index in [-0.39, 0.29) is 6.61 Å². The number of aliphatic hydroxyl groups excluding tert-OH is 1. The highest BCUT2D eigenvalue weighted by Crippen LogP contribution is 2.27. The highest BCUT2D eigenvalue weighted by Gasteiger charge is 2.31. The van der Waals surface area contributed by atoms with Crippen molar-refractivity contribution in [2.75, 3.05) is 19.7 Å². The van der Waals surface area contributed by atoms with Gasteiger partial charge in [0.05, 0.1) is 4.90 Å². The van der Waals surface area contributed by atoms with Gasteiger partial charge in [-0.15, -0.1) is 0 Å². The van der Waals surface area contributed by atoms with Crippen molar-refractivity contribution in [3.8, 4) is 11.8 Å². The fourth-order valence-corrected chi connectivity index (χ4v) is 4.00. The van der Waals surface area contributed by atoms with Gasteiger partial charge >= 0.3 is 0 Å². The van der Waals surface area contributed by atoms with Gasteiger partial charge in [-0.25, -0.2) is 8.42 Å². The van der Waals surface area contributed by atoms with Gasteiger partial charge in [0.25, 0.3) is 0 Å². The Morgan fingerprint density at radius 1 is 1.24 bits per heavy atom. The van der Waals surface area contributed by atoms with E-state index in [0.29, 0.717) is 35.4 Å². The summed E-state index contributed by atoms with van der Waals surface area (Å²) in [5.74, 6) is 6.24. The topological polar surface area (TPSA) is 57.6 Å². The molecule has 21 heavy (non-hydrogen) atoms. The van der Waals surface area contributed by atoms with Gasteiger partial charge in [-0.05, 0) is 42.5 Å². The lowest BCUT2D eigenvalue weighted by atomic mass is 9.90. The summed E-state index contributed by atoms with van der Waals surface area (Å²) in [4.78, 5) is 0.304. The molecule has 1 aliphatic rings. The second-order valence-electron chi connectivity index (χ2n) is 5.59. The highest BCUT2D eigenvalue weighted by molar-refractivity contribution is 7.89. The third kappa shape index (κ3) is 3.65. The number of nitrogens with zero attached hydrogens (tertiary/aromatic N) is 1. The number of hydrogen-bond donors (Lipinski definition) is 1. The Morgan fingerprint density at radius 3 is 2.48 bits per heavy atom. The minimum absolute atomic E-state index is 0.204.